The molecule has 0 bridgehead atoms. The molecule has 2 rings (SSSR count). The highest BCUT2D eigenvalue weighted by Crippen LogP contribution is 2.34. The van der Waals surface area contributed by atoms with Gasteiger partial charge in [0, 0.05) is 12.8 Å². The van der Waals surface area contributed by atoms with Crippen molar-refractivity contribution in [3.63, 3.8) is 0 Å². The number of anilines is 1. The second-order valence-electron chi connectivity index (χ2n) is 4.89. The minimum absolute atomic E-state index is 0.195. The van der Waals surface area contributed by atoms with E-state index in [2.05, 4.69) is 15.6 Å². The number of nitrogens with one attached hydrogen (secondary N) is 2. The van der Waals surface area contributed by atoms with Crippen LogP contribution in [0.4, 0.5) is 5.00 Å². The third kappa shape index (κ3) is 4.99. The smallest absolute Gasteiger partial charge is 0.341 e. The highest BCUT2D eigenvalue weighted by atomic mass is 32.2. The van der Waals surface area contributed by atoms with Gasteiger partial charge in [-0.3, -0.25) is 14.6 Å². The van der Waals surface area contributed by atoms with Crippen molar-refractivity contribution in [3.05, 3.63) is 16.0 Å². The number of ether oxygens (including phenoxy) is 1. The van der Waals surface area contributed by atoms with Crippen molar-refractivity contribution in [1.29, 1.82) is 0 Å². The second kappa shape index (κ2) is 9.25. The lowest BCUT2D eigenvalue weighted by atomic mass is 10.1. The Morgan fingerprint density at radius 1 is 1.36 bits per heavy atom. The summed E-state index contributed by atoms with van der Waals surface area (Å²) < 4.78 is 5.95. The zero-order chi connectivity index (χ0) is 18.4. The summed E-state index contributed by atoms with van der Waals surface area (Å²) in [6, 6.07) is 0. The molecule has 0 spiro atoms. The highest BCUT2D eigenvalue weighted by molar-refractivity contribution is 8.39. The first-order valence-corrected chi connectivity index (χ1v) is 10.4. The number of thiophene rings is 1. The van der Waals surface area contributed by atoms with E-state index in [-0.39, 0.29) is 29.7 Å². The Balaban J connectivity index is 2.17. The van der Waals surface area contributed by atoms with E-state index in [1.165, 1.54) is 18.8 Å². The molecule has 1 aromatic rings. The summed E-state index contributed by atoms with van der Waals surface area (Å²) in [7, 11) is 1.51. The molecule has 0 unspecified atom stereocenters. The zero-order valence-electron chi connectivity index (χ0n) is 14.1. The maximum atomic E-state index is 12.2. The number of nitrogens with zero attached hydrogens (tertiary/aromatic N) is 1. The van der Waals surface area contributed by atoms with Crippen molar-refractivity contribution >= 4 is 62.0 Å². The zero-order valence-corrected chi connectivity index (χ0v) is 16.6. The van der Waals surface area contributed by atoms with Crippen LogP contribution in [-0.4, -0.2) is 53.9 Å². The van der Waals surface area contributed by atoms with Crippen LogP contribution in [0.3, 0.4) is 0 Å². The number of hydrogen-bond donors (Lipinski definition) is 2. The third-order valence-electron chi connectivity index (χ3n) is 3.20. The summed E-state index contributed by atoms with van der Waals surface area (Å²) in [5.74, 6) is 0.0249. The number of thioether (sulfide) groups is 2. The molecule has 10 heteroatoms. The topological polar surface area (TPSA) is 96.9 Å². The average molecular weight is 402 g/mol. The van der Waals surface area contributed by atoms with Gasteiger partial charge in [-0.25, -0.2) is 4.79 Å². The largest absolute Gasteiger partial charge is 0.462 e. The van der Waals surface area contributed by atoms with E-state index in [0.29, 0.717) is 15.4 Å². The highest BCUT2D eigenvalue weighted by Gasteiger charge is 2.26. The molecular weight excluding hydrogens is 382 g/mol. The Morgan fingerprint density at radius 2 is 2.12 bits per heavy atom. The van der Waals surface area contributed by atoms with Crippen LogP contribution in [0.5, 0.6) is 0 Å². The molecule has 2 heterocycles. The van der Waals surface area contributed by atoms with Crippen LogP contribution in [0, 0.1) is 6.92 Å². The first-order chi connectivity index (χ1) is 12.0. The molecule has 0 aromatic carbocycles. The van der Waals surface area contributed by atoms with E-state index in [1.54, 1.807) is 25.6 Å². The summed E-state index contributed by atoms with van der Waals surface area (Å²) in [6.07, 6.45) is 0. The van der Waals surface area contributed by atoms with Crippen molar-refractivity contribution in [1.82, 2.24) is 5.32 Å². The van der Waals surface area contributed by atoms with Crippen LogP contribution in [0.1, 0.15) is 32.5 Å². The first-order valence-electron chi connectivity index (χ1n) is 7.60. The summed E-state index contributed by atoms with van der Waals surface area (Å²) in [5, 5.41) is 5.60. The quantitative estimate of drug-likeness (QED) is 0.711. The van der Waals surface area contributed by atoms with E-state index in [1.807, 2.05) is 0 Å². The van der Waals surface area contributed by atoms with Crippen LogP contribution >= 0.6 is 34.9 Å². The second-order valence-corrected chi connectivity index (χ2v) is 8.22. The molecule has 1 aromatic heterocycles. The maximum Gasteiger partial charge on any atom is 0.341 e. The number of amides is 2. The Bertz CT molecular complexity index is 715. The minimum Gasteiger partial charge on any atom is -0.462 e. The fourth-order valence-corrected chi connectivity index (χ4v) is 5.04. The summed E-state index contributed by atoms with van der Waals surface area (Å²) >= 11 is 4.06. The van der Waals surface area contributed by atoms with Crippen molar-refractivity contribution < 1.29 is 19.1 Å². The van der Waals surface area contributed by atoms with Crippen molar-refractivity contribution in [2.75, 3.05) is 37.0 Å². The fraction of sp³-hybridized carbons (Fsp3) is 0.467. The van der Waals surface area contributed by atoms with Crippen LogP contribution in [0.25, 0.3) is 0 Å². The lowest BCUT2D eigenvalue weighted by molar-refractivity contribution is -0.113. The van der Waals surface area contributed by atoms with Gasteiger partial charge in [-0.15, -0.1) is 11.3 Å². The number of rotatable bonds is 6. The van der Waals surface area contributed by atoms with Gasteiger partial charge in [0.15, 0.2) is 0 Å². The van der Waals surface area contributed by atoms with E-state index in [9.17, 15) is 14.4 Å². The molecule has 2 amide bonds. The van der Waals surface area contributed by atoms with Gasteiger partial charge in [0.2, 0.25) is 5.91 Å². The SMILES string of the molecule is CCOC(=O)c1c(NC(=O)CSC2=NCCS2)sc(C(=O)NC)c1C. The molecule has 1 aliphatic heterocycles. The Kier molecular flexibility index (Phi) is 7.33. The number of aliphatic imine (C=N–C) groups is 1. The van der Waals surface area contributed by atoms with Crippen LogP contribution < -0.4 is 10.6 Å². The minimum atomic E-state index is -0.551. The summed E-state index contributed by atoms with van der Waals surface area (Å²) in [6.45, 7) is 4.36. The predicted molar refractivity (Wildman–Crippen MR) is 104 cm³/mol. The van der Waals surface area contributed by atoms with Crippen LogP contribution in [0.2, 0.25) is 0 Å². The normalized spacial score (nSPS) is 13.3. The fourth-order valence-electron chi connectivity index (χ4n) is 2.07. The first kappa shape index (κ1) is 19.8. The van der Waals surface area contributed by atoms with E-state index < -0.39 is 5.97 Å². The molecule has 0 radical (unpaired) electrons. The molecule has 0 saturated carbocycles. The van der Waals surface area contributed by atoms with Gasteiger partial charge in [0.05, 0.1) is 29.3 Å². The molecular formula is C15H19N3O4S3. The average Bonchev–Trinajstić information content (AvgIpc) is 3.20. The van der Waals surface area contributed by atoms with Gasteiger partial charge in [-0.1, -0.05) is 23.5 Å². The lowest BCUT2D eigenvalue weighted by Crippen LogP contribution is -2.18. The van der Waals surface area contributed by atoms with Gasteiger partial charge >= 0.3 is 5.97 Å². The van der Waals surface area contributed by atoms with Crippen molar-refractivity contribution in [2.24, 2.45) is 4.99 Å². The molecule has 2 N–H and O–H groups in total. The lowest BCUT2D eigenvalue weighted by Gasteiger charge is -2.07. The van der Waals surface area contributed by atoms with Crippen molar-refractivity contribution in [2.45, 2.75) is 13.8 Å². The number of hydrogen-bond acceptors (Lipinski definition) is 8. The third-order valence-corrected chi connectivity index (χ3v) is 6.66. The Morgan fingerprint density at radius 3 is 2.72 bits per heavy atom. The number of carbonyl (C=O) groups is 3. The standard InChI is InChI=1S/C15H19N3O4S3/c1-4-22-14(21)10-8(2)11(12(20)16-3)25-13(10)18-9(19)7-24-15-17-5-6-23-15/h4-7H2,1-3H3,(H,16,20)(H,18,19). The van der Waals surface area contributed by atoms with E-state index in [4.69, 9.17) is 4.74 Å². The van der Waals surface area contributed by atoms with Gasteiger partial charge in [-0.2, -0.15) is 0 Å². The van der Waals surface area contributed by atoms with E-state index in [0.717, 1.165) is 28.0 Å². The summed E-state index contributed by atoms with van der Waals surface area (Å²) in [5.41, 5.74) is 0.734. The van der Waals surface area contributed by atoms with Gasteiger partial charge in [0.1, 0.15) is 9.38 Å². The molecule has 7 nitrogen and oxygen atoms in total. The molecule has 0 fully saturated rings. The van der Waals surface area contributed by atoms with Gasteiger partial charge < -0.3 is 15.4 Å². The van der Waals surface area contributed by atoms with Crippen LogP contribution in [0.15, 0.2) is 4.99 Å². The van der Waals surface area contributed by atoms with Gasteiger partial charge in [-0.05, 0) is 19.4 Å². The number of carbonyl (C=O) groups excluding carboxylic acids is 3. The monoisotopic (exact) mass is 401 g/mol. The van der Waals surface area contributed by atoms with Gasteiger partial charge in [0.25, 0.3) is 5.91 Å². The van der Waals surface area contributed by atoms with Crippen molar-refractivity contribution in [3.8, 4) is 0 Å². The molecule has 136 valence electrons. The number of esters is 1. The van der Waals surface area contributed by atoms with Crippen LogP contribution in [-0.2, 0) is 9.53 Å². The Labute approximate surface area is 158 Å². The molecule has 0 aliphatic carbocycles. The van der Waals surface area contributed by atoms with E-state index >= 15 is 0 Å². The molecule has 25 heavy (non-hydrogen) atoms. The molecule has 0 saturated heterocycles. The Hall–Kier alpha value is -1.52. The maximum absolute atomic E-state index is 12.2. The molecule has 0 atom stereocenters. The predicted octanol–water partition coefficient (Wildman–Crippen LogP) is 2.37. The molecule has 1 aliphatic rings. The summed E-state index contributed by atoms with van der Waals surface area (Å²) in [4.78, 5) is 41.1.